The molecule has 1 aromatic rings. The number of anilines is 1. The van der Waals surface area contributed by atoms with Crippen LogP contribution in [0.4, 0.5) is 5.82 Å². The lowest BCUT2D eigenvalue weighted by molar-refractivity contribution is 0.0696. The number of aliphatic hydroxyl groups excluding tert-OH is 1. The second-order valence-corrected chi connectivity index (χ2v) is 3.23. The highest BCUT2D eigenvalue weighted by molar-refractivity contribution is 5.88. The van der Waals surface area contributed by atoms with Crippen molar-refractivity contribution in [1.29, 1.82) is 0 Å². The quantitative estimate of drug-likeness (QED) is 0.643. The number of carbonyl (C=O) groups is 1. The Morgan fingerprint density at radius 3 is 2.88 bits per heavy atom. The fraction of sp³-hybridized carbons (Fsp3) is 0.273. The molecule has 0 aromatic carbocycles. The van der Waals surface area contributed by atoms with E-state index in [0.717, 1.165) is 0 Å². The van der Waals surface area contributed by atoms with E-state index in [1.165, 1.54) is 12.1 Å². The van der Waals surface area contributed by atoms with Crippen molar-refractivity contribution >= 4 is 11.8 Å². The molecule has 1 unspecified atom stereocenters. The van der Waals surface area contributed by atoms with Crippen LogP contribution in [0.1, 0.15) is 16.1 Å². The molecule has 0 aliphatic carbocycles. The van der Waals surface area contributed by atoms with E-state index in [4.69, 9.17) is 16.6 Å². The highest BCUT2D eigenvalue weighted by atomic mass is 16.4. The number of nitrogens with zero attached hydrogens (tertiary/aromatic N) is 1. The van der Waals surface area contributed by atoms with E-state index < -0.39 is 12.0 Å². The number of pyridine rings is 1. The molecule has 84 valence electrons. The summed E-state index contributed by atoms with van der Waals surface area (Å²) in [4.78, 5) is 14.9. The zero-order chi connectivity index (χ0) is 12.1. The first-order chi connectivity index (χ1) is 7.56. The van der Waals surface area contributed by atoms with E-state index in [1.807, 2.05) is 0 Å². The summed E-state index contributed by atoms with van der Waals surface area (Å²) in [7, 11) is 0. The topological polar surface area (TPSA) is 82.5 Å². The summed E-state index contributed by atoms with van der Waals surface area (Å²) < 4.78 is 0. The summed E-state index contributed by atoms with van der Waals surface area (Å²) in [6.45, 7) is 1.44. The predicted octanol–water partition coefficient (Wildman–Crippen LogP) is 0.494. The molecule has 3 N–H and O–H groups in total. The summed E-state index contributed by atoms with van der Waals surface area (Å²) in [5, 5.41) is 20.5. The lowest BCUT2D eigenvalue weighted by Crippen LogP contribution is -2.22. The van der Waals surface area contributed by atoms with Gasteiger partial charge in [0.05, 0.1) is 12.2 Å². The third kappa shape index (κ3) is 2.97. The molecule has 0 fully saturated rings. The van der Waals surface area contributed by atoms with E-state index in [1.54, 1.807) is 6.92 Å². The molecule has 0 saturated carbocycles. The number of aromatic nitrogens is 1. The largest absolute Gasteiger partial charge is 0.478 e. The number of aromatic carboxylic acids is 1. The summed E-state index contributed by atoms with van der Waals surface area (Å²) in [5.41, 5.74) is 0.694. The van der Waals surface area contributed by atoms with Crippen molar-refractivity contribution in [2.75, 3.05) is 11.9 Å². The van der Waals surface area contributed by atoms with Crippen molar-refractivity contribution < 1.29 is 15.0 Å². The molecule has 0 amide bonds. The highest BCUT2D eigenvalue weighted by Gasteiger charge is 2.09. The SMILES string of the molecule is C#CC(CO)Nc1cc(C(=O)O)cc(C)n1. The third-order valence-electron chi connectivity index (χ3n) is 1.91. The average molecular weight is 220 g/mol. The molecule has 0 aliphatic rings. The number of carboxylic acid groups (broad SMARTS) is 1. The number of carboxylic acids is 1. The fourth-order valence-electron chi connectivity index (χ4n) is 1.18. The zero-order valence-electron chi connectivity index (χ0n) is 8.77. The number of nitrogens with one attached hydrogen (secondary N) is 1. The Morgan fingerprint density at radius 1 is 1.69 bits per heavy atom. The van der Waals surface area contributed by atoms with Crippen molar-refractivity contribution in [2.24, 2.45) is 0 Å². The van der Waals surface area contributed by atoms with E-state index in [2.05, 4.69) is 16.2 Å². The fourth-order valence-corrected chi connectivity index (χ4v) is 1.18. The van der Waals surface area contributed by atoms with Crippen LogP contribution in [0.15, 0.2) is 12.1 Å². The van der Waals surface area contributed by atoms with Crippen LogP contribution in [0.5, 0.6) is 0 Å². The second kappa shape index (κ2) is 5.14. The van der Waals surface area contributed by atoms with Crippen molar-refractivity contribution in [3.63, 3.8) is 0 Å². The summed E-state index contributed by atoms with van der Waals surface area (Å²) in [6, 6.07) is 2.25. The number of aryl methyl sites for hydroxylation is 1. The van der Waals surface area contributed by atoms with E-state index in [0.29, 0.717) is 11.5 Å². The van der Waals surface area contributed by atoms with Crippen LogP contribution in [0.2, 0.25) is 0 Å². The number of aliphatic hydroxyl groups is 1. The molecule has 0 spiro atoms. The van der Waals surface area contributed by atoms with Crippen molar-refractivity contribution in [2.45, 2.75) is 13.0 Å². The summed E-state index contributed by atoms with van der Waals surface area (Å²) in [6.07, 6.45) is 5.15. The molecule has 16 heavy (non-hydrogen) atoms. The Kier molecular flexibility index (Phi) is 3.86. The molecule has 1 heterocycles. The second-order valence-electron chi connectivity index (χ2n) is 3.23. The maximum atomic E-state index is 10.8. The number of rotatable bonds is 4. The van der Waals surface area contributed by atoms with Gasteiger partial charge in [0, 0.05) is 5.69 Å². The zero-order valence-corrected chi connectivity index (χ0v) is 8.77. The van der Waals surface area contributed by atoms with Crippen molar-refractivity contribution in [3.8, 4) is 12.3 Å². The highest BCUT2D eigenvalue weighted by Crippen LogP contribution is 2.11. The van der Waals surface area contributed by atoms with Crippen LogP contribution >= 0.6 is 0 Å². The Bertz CT molecular complexity index is 437. The molecule has 1 aromatic heterocycles. The van der Waals surface area contributed by atoms with Crippen LogP contribution < -0.4 is 5.32 Å². The normalized spacial score (nSPS) is 11.6. The summed E-state index contributed by atoms with van der Waals surface area (Å²) in [5.74, 6) is 1.63. The van der Waals surface area contributed by atoms with Crippen LogP contribution in [0, 0.1) is 19.3 Å². The molecule has 1 rings (SSSR count). The van der Waals surface area contributed by atoms with Gasteiger partial charge < -0.3 is 15.5 Å². The molecule has 0 bridgehead atoms. The lowest BCUT2D eigenvalue weighted by Gasteiger charge is -2.11. The van der Waals surface area contributed by atoms with Gasteiger partial charge in [-0.05, 0) is 19.1 Å². The van der Waals surface area contributed by atoms with E-state index >= 15 is 0 Å². The minimum absolute atomic E-state index is 0.128. The van der Waals surface area contributed by atoms with Crippen molar-refractivity contribution in [1.82, 2.24) is 4.98 Å². The molecule has 5 nitrogen and oxygen atoms in total. The monoisotopic (exact) mass is 220 g/mol. The lowest BCUT2D eigenvalue weighted by atomic mass is 10.2. The molecule has 0 saturated heterocycles. The van der Waals surface area contributed by atoms with Gasteiger partial charge in [0.15, 0.2) is 0 Å². The van der Waals surface area contributed by atoms with Gasteiger partial charge in [0.25, 0.3) is 0 Å². The van der Waals surface area contributed by atoms with Gasteiger partial charge >= 0.3 is 5.97 Å². The molecular weight excluding hydrogens is 208 g/mol. The molecule has 0 aliphatic heterocycles. The van der Waals surface area contributed by atoms with Gasteiger partial charge in [-0.1, -0.05) is 5.92 Å². The number of hydrogen-bond donors (Lipinski definition) is 3. The Hall–Kier alpha value is -2.06. The molecule has 0 radical (unpaired) electrons. The van der Waals surface area contributed by atoms with Crippen molar-refractivity contribution in [3.05, 3.63) is 23.4 Å². The van der Waals surface area contributed by atoms with Gasteiger partial charge in [0.1, 0.15) is 11.9 Å². The minimum atomic E-state index is -1.03. The maximum Gasteiger partial charge on any atom is 0.335 e. The number of hydrogen-bond acceptors (Lipinski definition) is 4. The van der Waals surface area contributed by atoms with Gasteiger partial charge in [0.2, 0.25) is 0 Å². The van der Waals surface area contributed by atoms with Gasteiger partial charge in [-0.2, -0.15) is 0 Å². The Morgan fingerprint density at radius 2 is 2.38 bits per heavy atom. The van der Waals surface area contributed by atoms with Gasteiger partial charge in [-0.15, -0.1) is 6.42 Å². The summed E-state index contributed by atoms with van der Waals surface area (Å²) >= 11 is 0. The Labute approximate surface area is 93.1 Å². The van der Waals surface area contributed by atoms with Gasteiger partial charge in [-0.3, -0.25) is 0 Å². The standard InChI is InChI=1S/C11H12N2O3/c1-3-9(6-14)13-10-5-8(11(15)16)4-7(2)12-10/h1,4-5,9,14H,6H2,2H3,(H,12,13)(H,15,16). The van der Waals surface area contributed by atoms with Gasteiger partial charge in [-0.25, -0.2) is 9.78 Å². The number of terminal acetylenes is 1. The van der Waals surface area contributed by atoms with Crippen LogP contribution in [0.25, 0.3) is 0 Å². The Balaban J connectivity index is 2.97. The first-order valence-electron chi connectivity index (χ1n) is 4.62. The first-order valence-corrected chi connectivity index (χ1v) is 4.62. The van der Waals surface area contributed by atoms with E-state index in [9.17, 15) is 4.79 Å². The first kappa shape index (κ1) is 12.0. The maximum absolute atomic E-state index is 10.8. The van der Waals surface area contributed by atoms with E-state index in [-0.39, 0.29) is 12.2 Å². The predicted molar refractivity (Wildman–Crippen MR) is 59.3 cm³/mol. The molecule has 1 atom stereocenters. The average Bonchev–Trinajstić information content (AvgIpc) is 2.25. The third-order valence-corrected chi connectivity index (χ3v) is 1.91. The van der Waals surface area contributed by atoms with Crippen LogP contribution in [-0.2, 0) is 0 Å². The smallest absolute Gasteiger partial charge is 0.335 e. The van der Waals surface area contributed by atoms with Crippen LogP contribution in [0.3, 0.4) is 0 Å². The molecular formula is C11H12N2O3. The van der Waals surface area contributed by atoms with Crippen LogP contribution in [-0.4, -0.2) is 33.8 Å². The minimum Gasteiger partial charge on any atom is -0.478 e. The molecule has 5 heteroatoms.